The molecular formula is C12H16BrN3O2. The van der Waals surface area contributed by atoms with E-state index < -0.39 is 0 Å². The van der Waals surface area contributed by atoms with E-state index in [4.69, 9.17) is 0 Å². The van der Waals surface area contributed by atoms with Crippen molar-refractivity contribution in [2.45, 2.75) is 6.92 Å². The average molecular weight is 314 g/mol. The number of hydrogen-bond donors (Lipinski definition) is 0. The minimum atomic E-state index is -0.339. The van der Waals surface area contributed by atoms with E-state index in [1.807, 2.05) is 6.07 Å². The van der Waals surface area contributed by atoms with E-state index in [2.05, 4.69) is 32.8 Å². The summed E-state index contributed by atoms with van der Waals surface area (Å²) >= 11 is 3.44. The lowest BCUT2D eigenvalue weighted by Gasteiger charge is -2.34. The van der Waals surface area contributed by atoms with Gasteiger partial charge in [-0.25, -0.2) is 0 Å². The Morgan fingerprint density at radius 3 is 2.44 bits per heavy atom. The Morgan fingerprint density at radius 1 is 1.28 bits per heavy atom. The first-order valence-corrected chi connectivity index (χ1v) is 6.66. The highest BCUT2D eigenvalue weighted by Crippen LogP contribution is 2.33. The number of hydrogen-bond acceptors (Lipinski definition) is 4. The van der Waals surface area contributed by atoms with Crippen LogP contribution in [0, 0.1) is 17.0 Å². The van der Waals surface area contributed by atoms with Crippen molar-refractivity contribution in [2.24, 2.45) is 0 Å². The number of aryl methyl sites for hydroxylation is 1. The molecule has 0 aromatic heterocycles. The lowest BCUT2D eigenvalue weighted by molar-refractivity contribution is -0.385. The maximum absolute atomic E-state index is 10.9. The van der Waals surface area contributed by atoms with Crippen LogP contribution in [0.25, 0.3) is 0 Å². The van der Waals surface area contributed by atoms with Crippen LogP contribution in [0.2, 0.25) is 0 Å². The zero-order valence-electron chi connectivity index (χ0n) is 10.5. The molecule has 1 saturated heterocycles. The predicted molar refractivity (Wildman–Crippen MR) is 75.2 cm³/mol. The highest BCUT2D eigenvalue weighted by atomic mass is 79.9. The zero-order chi connectivity index (χ0) is 13.3. The lowest BCUT2D eigenvalue weighted by Crippen LogP contribution is -2.44. The predicted octanol–water partition coefficient (Wildman–Crippen LogP) is 2.42. The molecule has 0 radical (unpaired) electrons. The number of benzene rings is 1. The van der Waals surface area contributed by atoms with Crippen molar-refractivity contribution in [1.29, 1.82) is 0 Å². The van der Waals surface area contributed by atoms with Crippen molar-refractivity contribution in [3.63, 3.8) is 0 Å². The summed E-state index contributed by atoms with van der Waals surface area (Å²) in [6, 6.07) is 3.50. The fraction of sp³-hybridized carbons (Fsp3) is 0.500. The number of piperazine rings is 1. The van der Waals surface area contributed by atoms with Gasteiger partial charge in [-0.3, -0.25) is 10.1 Å². The van der Waals surface area contributed by atoms with Crippen LogP contribution in [-0.2, 0) is 0 Å². The van der Waals surface area contributed by atoms with Gasteiger partial charge in [0, 0.05) is 42.3 Å². The van der Waals surface area contributed by atoms with Crippen molar-refractivity contribution in [2.75, 3.05) is 38.1 Å². The SMILES string of the molecule is Cc1cc(N2CCN(C)CC2)c(Br)cc1[N+](=O)[O-]. The van der Waals surface area contributed by atoms with E-state index in [0.29, 0.717) is 5.56 Å². The molecule has 5 nitrogen and oxygen atoms in total. The topological polar surface area (TPSA) is 49.6 Å². The Morgan fingerprint density at radius 2 is 1.89 bits per heavy atom. The Labute approximate surface area is 115 Å². The second-order valence-electron chi connectivity index (χ2n) is 4.64. The number of rotatable bonds is 2. The summed E-state index contributed by atoms with van der Waals surface area (Å²) in [5, 5.41) is 10.9. The van der Waals surface area contributed by atoms with Crippen LogP contribution in [0.3, 0.4) is 0 Å². The van der Waals surface area contributed by atoms with Gasteiger partial charge in [-0.15, -0.1) is 0 Å². The van der Waals surface area contributed by atoms with E-state index >= 15 is 0 Å². The number of halogens is 1. The Hall–Kier alpha value is -1.14. The quantitative estimate of drug-likeness (QED) is 0.621. The molecule has 6 heteroatoms. The second kappa shape index (κ2) is 5.24. The normalized spacial score (nSPS) is 16.9. The third-order valence-electron chi connectivity index (χ3n) is 3.31. The number of nitro groups is 1. The first-order chi connectivity index (χ1) is 8.49. The zero-order valence-corrected chi connectivity index (χ0v) is 12.1. The van der Waals surface area contributed by atoms with Gasteiger partial charge >= 0.3 is 0 Å². The summed E-state index contributed by atoms with van der Waals surface area (Å²) < 4.78 is 0.796. The van der Waals surface area contributed by atoms with Crippen LogP contribution in [0.5, 0.6) is 0 Å². The van der Waals surface area contributed by atoms with Crippen LogP contribution in [0.15, 0.2) is 16.6 Å². The first kappa shape index (κ1) is 13.3. The molecule has 2 rings (SSSR count). The molecule has 1 fully saturated rings. The second-order valence-corrected chi connectivity index (χ2v) is 5.49. The number of anilines is 1. The van der Waals surface area contributed by atoms with Gasteiger partial charge in [-0.1, -0.05) is 0 Å². The van der Waals surface area contributed by atoms with Crippen LogP contribution >= 0.6 is 15.9 Å². The Kier molecular flexibility index (Phi) is 3.87. The molecule has 1 aromatic carbocycles. The van der Waals surface area contributed by atoms with E-state index in [1.165, 1.54) is 0 Å². The van der Waals surface area contributed by atoms with Crippen molar-refractivity contribution >= 4 is 27.3 Å². The molecule has 1 aliphatic rings. The highest BCUT2D eigenvalue weighted by Gasteiger charge is 2.20. The molecule has 18 heavy (non-hydrogen) atoms. The van der Waals surface area contributed by atoms with Gasteiger partial charge in [-0.2, -0.15) is 0 Å². The molecular weight excluding hydrogens is 298 g/mol. The third-order valence-corrected chi connectivity index (χ3v) is 3.94. The molecule has 0 spiro atoms. The van der Waals surface area contributed by atoms with Gasteiger partial charge in [0.2, 0.25) is 0 Å². The van der Waals surface area contributed by atoms with Crippen molar-refractivity contribution in [3.8, 4) is 0 Å². The van der Waals surface area contributed by atoms with E-state index in [9.17, 15) is 10.1 Å². The molecule has 0 atom stereocenters. The standard InChI is InChI=1S/C12H16BrN3O2/c1-9-7-12(10(13)8-11(9)16(17)18)15-5-3-14(2)4-6-15/h7-8H,3-6H2,1-2H3. The maximum atomic E-state index is 10.9. The van der Waals surface area contributed by atoms with E-state index in [-0.39, 0.29) is 10.6 Å². The van der Waals surface area contributed by atoms with Crippen molar-refractivity contribution in [1.82, 2.24) is 4.90 Å². The molecule has 0 bridgehead atoms. The van der Waals surface area contributed by atoms with Gasteiger partial charge < -0.3 is 9.80 Å². The molecule has 1 aliphatic heterocycles. The highest BCUT2D eigenvalue weighted by molar-refractivity contribution is 9.10. The monoisotopic (exact) mass is 313 g/mol. The molecule has 98 valence electrons. The van der Waals surface area contributed by atoms with Crippen LogP contribution < -0.4 is 4.90 Å². The minimum absolute atomic E-state index is 0.166. The van der Waals surface area contributed by atoms with Crippen molar-refractivity contribution < 1.29 is 4.92 Å². The number of nitro benzene ring substituents is 1. The van der Waals surface area contributed by atoms with Crippen molar-refractivity contribution in [3.05, 3.63) is 32.3 Å². The molecule has 1 aromatic rings. The lowest BCUT2D eigenvalue weighted by atomic mass is 10.1. The summed E-state index contributed by atoms with van der Waals surface area (Å²) in [5.74, 6) is 0. The molecule has 0 unspecified atom stereocenters. The summed E-state index contributed by atoms with van der Waals surface area (Å²) in [6.07, 6.45) is 0. The molecule has 0 aliphatic carbocycles. The summed E-state index contributed by atoms with van der Waals surface area (Å²) in [4.78, 5) is 15.1. The largest absolute Gasteiger partial charge is 0.368 e. The van der Waals surface area contributed by atoms with E-state index in [0.717, 1.165) is 36.3 Å². The third kappa shape index (κ3) is 2.64. The summed E-state index contributed by atoms with van der Waals surface area (Å²) in [7, 11) is 2.10. The van der Waals surface area contributed by atoms with Crippen LogP contribution in [0.4, 0.5) is 11.4 Å². The molecule has 0 saturated carbocycles. The first-order valence-electron chi connectivity index (χ1n) is 5.87. The number of likely N-dealkylation sites (N-methyl/N-ethyl adjacent to an activating group) is 1. The molecule has 0 N–H and O–H groups in total. The van der Waals surface area contributed by atoms with Gasteiger partial charge in [0.1, 0.15) is 0 Å². The molecule has 0 amide bonds. The fourth-order valence-electron chi connectivity index (χ4n) is 2.14. The fourth-order valence-corrected chi connectivity index (χ4v) is 2.72. The molecule has 1 heterocycles. The number of nitrogens with zero attached hydrogens (tertiary/aromatic N) is 3. The van der Waals surface area contributed by atoms with E-state index in [1.54, 1.807) is 13.0 Å². The van der Waals surface area contributed by atoms with Gasteiger partial charge in [0.05, 0.1) is 10.6 Å². The summed E-state index contributed by atoms with van der Waals surface area (Å²) in [6.45, 7) is 5.72. The maximum Gasteiger partial charge on any atom is 0.273 e. The minimum Gasteiger partial charge on any atom is -0.368 e. The van der Waals surface area contributed by atoms with Crippen LogP contribution in [0.1, 0.15) is 5.56 Å². The average Bonchev–Trinajstić information content (AvgIpc) is 2.32. The Balaban J connectivity index is 2.29. The van der Waals surface area contributed by atoms with Crippen LogP contribution in [-0.4, -0.2) is 43.0 Å². The Bertz CT molecular complexity index is 471. The smallest absolute Gasteiger partial charge is 0.273 e. The van der Waals surface area contributed by atoms with Gasteiger partial charge in [0.15, 0.2) is 0 Å². The summed E-state index contributed by atoms with van der Waals surface area (Å²) in [5.41, 5.74) is 1.92. The van der Waals surface area contributed by atoms with Gasteiger partial charge in [0.25, 0.3) is 5.69 Å². The van der Waals surface area contributed by atoms with Gasteiger partial charge in [-0.05, 0) is 36.0 Å².